The van der Waals surface area contributed by atoms with E-state index in [1.54, 1.807) is 36.4 Å². The number of aromatic hydroxyl groups is 2. The van der Waals surface area contributed by atoms with E-state index in [0.717, 1.165) is 3.57 Å². The summed E-state index contributed by atoms with van der Waals surface area (Å²) < 4.78 is 0.951. The number of hydrogen-bond acceptors (Lipinski definition) is 4. The highest BCUT2D eigenvalue weighted by atomic mass is 127. The molecule has 2 aromatic carbocycles. The quantitative estimate of drug-likeness (QED) is 0.638. The maximum atomic E-state index is 9.56. The summed E-state index contributed by atoms with van der Waals surface area (Å²) in [7, 11) is 0. The Morgan fingerprint density at radius 1 is 0.824 bits per heavy atom. The van der Waals surface area contributed by atoms with E-state index < -0.39 is 0 Å². The molecular weight excluding hydrogens is 331 g/mol. The number of nitrogens with zero attached hydrogens (tertiary/aromatic N) is 2. The van der Waals surface area contributed by atoms with Crippen molar-refractivity contribution < 1.29 is 10.2 Å². The normalized spacial score (nSPS) is 10.9. The molecule has 4 nitrogen and oxygen atoms in total. The van der Waals surface area contributed by atoms with Crippen molar-refractivity contribution in [1.82, 2.24) is 0 Å². The van der Waals surface area contributed by atoms with Crippen LogP contribution >= 0.6 is 22.6 Å². The molecule has 0 spiro atoms. The van der Waals surface area contributed by atoms with Gasteiger partial charge in [-0.25, -0.2) is 0 Å². The summed E-state index contributed by atoms with van der Waals surface area (Å²) in [6.07, 6.45) is 0. The van der Waals surface area contributed by atoms with Crippen molar-refractivity contribution in [2.75, 3.05) is 0 Å². The minimum absolute atomic E-state index is 0.0568. The highest BCUT2D eigenvalue weighted by Crippen LogP contribution is 2.31. The fourth-order valence-electron chi connectivity index (χ4n) is 1.23. The van der Waals surface area contributed by atoms with E-state index >= 15 is 0 Å². The van der Waals surface area contributed by atoms with E-state index in [-0.39, 0.29) is 11.5 Å². The van der Waals surface area contributed by atoms with Crippen LogP contribution in [0.4, 0.5) is 11.4 Å². The third-order valence-electron chi connectivity index (χ3n) is 2.08. The zero-order chi connectivity index (χ0) is 12.3. The molecular formula is C12H9IN2O2. The van der Waals surface area contributed by atoms with E-state index in [1.807, 2.05) is 0 Å². The molecule has 5 heteroatoms. The van der Waals surface area contributed by atoms with Gasteiger partial charge in [-0.1, -0.05) is 12.1 Å². The fourth-order valence-corrected chi connectivity index (χ4v) is 1.71. The lowest BCUT2D eigenvalue weighted by Crippen LogP contribution is -1.72. The van der Waals surface area contributed by atoms with Crippen LogP contribution in [0.2, 0.25) is 0 Å². The monoisotopic (exact) mass is 340 g/mol. The highest BCUT2D eigenvalue weighted by molar-refractivity contribution is 14.1. The molecule has 0 heterocycles. The average molecular weight is 340 g/mol. The smallest absolute Gasteiger partial charge is 0.143 e. The molecule has 2 rings (SSSR count). The molecule has 0 aliphatic carbocycles. The van der Waals surface area contributed by atoms with Crippen molar-refractivity contribution in [3.63, 3.8) is 0 Å². The van der Waals surface area contributed by atoms with Crippen LogP contribution in [0.25, 0.3) is 0 Å². The fraction of sp³-hybridized carbons (Fsp3) is 0. The first-order chi connectivity index (χ1) is 8.16. The van der Waals surface area contributed by atoms with E-state index in [0.29, 0.717) is 11.4 Å². The second-order valence-corrected chi connectivity index (χ2v) is 4.57. The predicted molar refractivity (Wildman–Crippen MR) is 73.1 cm³/mol. The number of rotatable bonds is 2. The van der Waals surface area contributed by atoms with Crippen molar-refractivity contribution in [1.29, 1.82) is 0 Å². The van der Waals surface area contributed by atoms with Gasteiger partial charge in [0.25, 0.3) is 0 Å². The van der Waals surface area contributed by atoms with Gasteiger partial charge in [0.15, 0.2) is 0 Å². The van der Waals surface area contributed by atoms with Crippen molar-refractivity contribution in [2.45, 2.75) is 0 Å². The minimum Gasteiger partial charge on any atom is -0.506 e. The number of halogens is 1. The summed E-state index contributed by atoms with van der Waals surface area (Å²) in [5.74, 6) is 0.117. The number of phenolic OH excluding ortho intramolecular Hbond substituents is 2. The first kappa shape index (κ1) is 11.8. The lowest BCUT2D eigenvalue weighted by atomic mass is 10.3. The molecule has 0 fully saturated rings. The number of azo groups is 1. The van der Waals surface area contributed by atoms with E-state index in [2.05, 4.69) is 32.8 Å². The van der Waals surface area contributed by atoms with Gasteiger partial charge in [-0.2, -0.15) is 0 Å². The zero-order valence-electron chi connectivity index (χ0n) is 8.71. The molecule has 0 aliphatic heterocycles. The molecule has 2 aromatic rings. The van der Waals surface area contributed by atoms with Crippen LogP contribution in [0, 0.1) is 3.57 Å². The molecule has 86 valence electrons. The van der Waals surface area contributed by atoms with Crippen LogP contribution in [0.15, 0.2) is 52.7 Å². The zero-order valence-corrected chi connectivity index (χ0v) is 10.9. The van der Waals surface area contributed by atoms with Crippen molar-refractivity contribution in [3.05, 3.63) is 46.0 Å². The lowest BCUT2D eigenvalue weighted by Gasteiger charge is -1.99. The Hall–Kier alpha value is -1.63. The molecule has 0 amide bonds. The topological polar surface area (TPSA) is 65.2 Å². The van der Waals surface area contributed by atoms with Gasteiger partial charge in [-0.05, 0) is 52.9 Å². The SMILES string of the molecule is Oc1ccccc1N=Nc1cc(I)ccc1O. The molecule has 0 saturated carbocycles. The van der Waals surface area contributed by atoms with Crippen LogP contribution in [-0.2, 0) is 0 Å². The van der Waals surface area contributed by atoms with Gasteiger partial charge in [-0.15, -0.1) is 10.2 Å². The first-order valence-electron chi connectivity index (χ1n) is 4.85. The summed E-state index contributed by atoms with van der Waals surface area (Å²) in [5.41, 5.74) is 0.742. The van der Waals surface area contributed by atoms with Crippen molar-refractivity contribution >= 4 is 34.0 Å². The van der Waals surface area contributed by atoms with Gasteiger partial charge in [0.1, 0.15) is 22.9 Å². The van der Waals surface area contributed by atoms with Gasteiger partial charge in [-0.3, -0.25) is 0 Å². The Morgan fingerprint density at radius 3 is 2.24 bits per heavy atom. The number of para-hydroxylation sites is 1. The van der Waals surface area contributed by atoms with Crippen LogP contribution in [0.1, 0.15) is 0 Å². The van der Waals surface area contributed by atoms with Gasteiger partial charge < -0.3 is 10.2 Å². The third kappa shape index (κ3) is 2.94. The highest BCUT2D eigenvalue weighted by Gasteiger charge is 2.01. The molecule has 0 aliphatic rings. The standard InChI is InChI=1S/C12H9IN2O2/c13-8-5-6-12(17)10(7-8)15-14-9-3-1-2-4-11(9)16/h1-7,16-17H. The van der Waals surface area contributed by atoms with Crippen LogP contribution in [0.3, 0.4) is 0 Å². The molecule has 0 saturated heterocycles. The third-order valence-corrected chi connectivity index (χ3v) is 2.76. The molecule has 0 atom stereocenters. The van der Waals surface area contributed by atoms with Gasteiger partial charge >= 0.3 is 0 Å². The van der Waals surface area contributed by atoms with Crippen molar-refractivity contribution in [3.8, 4) is 11.5 Å². The lowest BCUT2D eigenvalue weighted by molar-refractivity contribution is 0.474. The number of hydrogen-bond donors (Lipinski definition) is 2. The summed E-state index contributed by atoms with van der Waals surface area (Å²) in [5, 5.41) is 26.9. The Kier molecular flexibility index (Phi) is 3.58. The van der Waals surface area contributed by atoms with Gasteiger partial charge in [0.2, 0.25) is 0 Å². The maximum absolute atomic E-state index is 9.56. The first-order valence-corrected chi connectivity index (χ1v) is 5.93. The molecule has 17 heavy (non-hydrogen) atoms. The van der Waals surface area contributed by atoms with Gasteiger partial charge in [0.05, 0.1) is 0 Å². The van der Waals surface area contributed by atoms with Crippen LogP contribution in [0.5, 0.6) is 11.5 Å². The summed E-state index contributed by atoms with van der Waals surface area (Å²) in [4.78, 5) is 0. The molecule has 0 unspecified atom stereocenters. The largest absolute Gasteiger partial charge is 0.506 e. The van der Waals surface area contributed by atoms with E-state index in [9.17, 15) is 10.2 Å². The second kappa shape index (κ2) is 5.13. The summed E-state index contributed by atoms with van der Waals surface area (Å²) >= 11 is 2.12. The average Bonchev–Trinajstić information content (AvgIpc) is 2.32. The predicted octanol–water partition coefficient (Wildman–Crippen LogP) is 4.12. The Balaban J connectivity index is 2.32. The molecule has 0 radical (unpaired) electrons. The summed E-state index contributed by atoms with van der Waals surface area (Å²) in [6, 6.07) is 11.7. The van der Waals surface area contributed by atoms with Crippen LogP contribution < -0.4 is 0 Å². The summed E-state index contributed by atoms with van der Waals surface area (Å²) in [6.45, 7) is 0. The van der Waals surface area contributed by atoms with Crippen molar-refractivity contribution in [2.24, 2.45) is 10.2 Å². The molecule has 0 aromatic heterocycles. The minimum atomic E-state index is 0.0568. The van der Waals surface area contributed by atoms with E-state index in [4.69, 9.17) is 0 Å². The number of phenols is 2. The second-order valence-electron chi connectivity index (χ2n) is 3.32. The Bertz CT molecular complexity index is 570. The number of benzene rings is 2. The molecule has 0 bridgehead atoms. The molecule has 2 N–H and O–H groups in total. The Labute approximate surface area is 112 Å². The Morgan fingerprint density at radius 2 is 1.47 bits per heavy atom. The van der Waals surface area contributed by atoms with Gasteiger partial charge in [0, 0.05) is 3.57 Å². The maximum Gasteiger partial charge on any atom is 0.143 e. The van der Waals surface area contributed by atoms with E-state index in [1.165, 1.54) is 6.07 Å². The van der Waals surface area contributed by atoms with Crippen LogP contribution in [-0.4, -0.2) is 10.2 Å².